The molecule has 6 heteroatoms. The molecule has 0 radical (unpaired) electrons. The first-order chi connectivity index (χ1) is 5.66. The fraction of sp³-hybridized carbons (Fsp3) is 0.571. The van der Waals surface area contributed by atoms with Gasteiger partial charge >= 0.3 is 13.6 Å². The zero-order chi connectivity index (χ0) is 10.7. The molecular formula is C7H13O5P. The molecule has 0 fully saturated rings. The molecule has 0 saturated carbocycles. The molecule has 0 aromatic heterocycles. The Morgan fingerprint density at radius 2 is 2.08 bits per heavy atom. The van der Waals surface area contributed by atoms with Gasteiger partial charge in [0.15, 0.2) is 0 Å². The minimum atomic E-state index is -4.17. The highest BCUT2D eigenvalue weighted by atomic mass is 31.2. The van der Waals surface area contributed by atoms with Gasteiger partial charge in [0.25, 0.3) is 0 Å². The van der Waals surface area contributed by atoms with E-state index in [9.17, 15) is 9.36 Å². The highest BCUT2D eigenvalue weighted by Crippen LogP contribution is 2.39. The van der Waals surface area contributed by atoms with Crippen molar-refractivity contribution in [1.29, 1.82) is 0 Å². The molecule has 2 N–H and O–H groups in total. The van der Waals surface area contributed by atoms with Crippen LogP contribution < -0.4 is 0 Å². The van der Waals surface area contributed by atoms with E-state index in [2.05, 4.69) is 6.58 Å². The van der Waals surface area contributed by atoms with Crippen LogP contribution in [-0.4, -0.2) is 27.5 Å². The maximum atomic E-state index is 10.7. The Kier molecular flexibility index (Phi) is 3.85. The second-order valence-electron chi connectivity index (χ2n) is 3.21. The largest absolute Gasteiger partial charge is 0.456 e. The minimum Gasteiger partial charge on any atom is -0.456 e. The summed E-state index contributed by atoms with van der Waals surface area (Å²) in [6, 6.07) is 0. The summed E-state index contributed by atoms with van der Waals surface area (Å²) in [6.45, 7) is 6.02. The van der Waals surface area contributed by atoms with E-state index < -0.39 is 25.3 Å². The lowest BCUT2D eigenvalue weighted by atomic mass is 10.2. The van der Waals surface area contributed by atoms with Gasteiger partial charge in [-0.2, -0.15) is 0 Å². The van der Waals surface area contributed by atoms with Crippen LogP contribution in [0.2, 0.25) is 0 Å². The Labute approximate surface area is 76.6 Å². The van der Waals surface area contributed by atoms with Crippen LogP contribution in [0.4, 0.5) is 0 Å². The number of ether oxygens (including phenoxy) is 1. The van der Waals surface area contributed by atoms with Crippen LogP contribution in [0.1, 0.15) is 13.8 Å². The van der Waals surface area contributed by atoms with Gasteiger partial charge in [-0.3, -0.25) is 4.57 Å². The summed E-state index contributed by atoms with van der Waals surface area (Å²) in [4.78, 5) is 28.0. The molecule has 0 rings (SSSR count). The zero-order valence-electron chi connectivity index (χ0n) is 7.56. The Morgan fingerprint density at radius 3 is 2.38 bits per heavy atom. The first-order valence-electron chi connectivity index (χ1n) is 3.56. The summed E-state index contributed by atoms with van der Waals surface area (Å²) >= 11 is 0. The van der Waals surface area contributed by atoms with E-state index in [0.29, 0.717) is 0 Å². The van der Waals surface area contributed by atoms with E-state index in [1.54, 1.807) is 0 Å². The van der Waals surface area contributed by atoms with Crippen LogP contribution in [0.3, 0.4) is 0 Å². The molecule has 0 aromatic rings. The highest BCUT2D eigenvalue weighted by molar-refractivity contribution is 7.51. The van der Waals surface area contributed by atoms with Gasteiger partial charge in [0.2, 0.25) is 0 Å². The van der Waals surface area contributed by atoms with E-state index >= 15 is 0 Å². The average Bonchev–Trinajstić information content (AvgIpc) is 1.80. The lowest BCUT2D eigenvalue weighted by Gasteiger charge is -2.24. The van der Waals surface area contributed by atoms with Gasteiger partial charge < -0.3 is 14.5 Å². The summed E-state index contributed by atoms with van der Waals surface area (Å²) in [5.41, 5.74) is -1.18. The summed E-state index contributed by atoms with van der Waals surface area (Å²) in [6.07, 6.45) is 0.445. The van der Waals surface area contributed by atoms with Crippen LogP contribution in [0.5, 0.6) is 0 Å². The van der Waals surface area contributed by atoms with Crippen molar-refractivity contribution in [3.63, 3.8) is 0 Å². The Hall–Kier alpha value is -0.640. The Bertz CT molecular complexity index is 252. The van der Waals surface area contributed by atoms with Crippen molar-refractivity contribution in [3.05, 3.63) is 12.7 Å². The van der Waals surface area contributed by atoms with E-state index in [1.807, 2.05) is 0 Å². The van der Waals surface area contributed by atoms with E-state index in [0.717, 1.165) is 6.08 Å². The van der Waals surface area contributed by atoms with Gasteiger partial charge in [0.05, 0.1) is 6.16 Å². The number of rotatable bonds is 4. The van der Waals surface area contributed by atoms with Crippen molar-refractivity contribution in [3.8, 4) is 0 Å². The predicted molar refractivity (Wildman–Crippen MR) is 47.3 cm³/mol. The molecule has 0 unspecified atom stereocenters. The topological polar surface area (TPSA) is 83.8 Å². The maximum absolute atomic E-state index is 10.7. The summed E-state index contributed by atoms with van der Waals surface area (Å²) in [5.74, 6) is -0.696. The molecule has 0 aliphatic heterocycles. The molecule has 0 bridgehead atoms. The molecule has 13 heavy (non-hydrogen) atoms. The minimum absolute atomic E-state index is 0.500. The van der Waals surface area contributed by atoms with E-state index in [4.69, 9.17) is 14.5 Å². The Balaban J connectivity index is 4.32. The van der Waals surface area contributed by atoms with Gasteiger partial charge in [0, 0.05) is 6.08 Å². The van der Waals surface area contributed by atoms with Crippen LogP contribution in [0.15, 0.2) is 12.7 Å². The standard InChI is InChI=1S/C7H13O5P/c1-4-6(8)12-7(2,3)5-13(9,10)11/h4H,1,5H2,2-3H3,(H2,9,10,11). The van der Waals surface area contributed by atoms with Gasteiger partial charge in [-0.1, -0.05) is 6.58 Å². The van der Waals surface area contributed by atoms with Crippen molar-refractivity contribution in [2.45, 2.75) is 19.4 Å². The van der Waals surface area contributed by atoms with Gasteiger partial charge in [-0.15, -0.1) is 0 Å². The molecule has 0 saturated heterocycles. The maximum Gasteiger partial charge on any atom is 0.330 e. The molecule has 76 valence electrons. The SMILES string of the molecule is C=CC(=O)OC(C)(C)CP(=O)(O)O. The molecule has 0 aromatic carbocycles. The molecule has 0 aliphatic rings. The Morgan fingerprint density at radius 1 is 1.62 bits per heavy atom. The number of carbonyl (C=O) groups is 1. The fourth-order valence-corrected chi connectivity index (χ4v) is 1.90. The van der Waals surface area contributed by atoms with E-state index in [-0.39, 0.29) is 0 Å². The molecule has 5 nitrogen and oxygen atoms in total. The quantitative estimate of drug-likeness (QED) is 0.403. The van der Waals surface area contributed by atoms with Crippen LogP contribution in [0, 0.1) is 0 Å². The van der Waals surface area contributed by atoms with Gasteiger partial charge in [0.1, 0.15) is 5.60 Å². The predicted octanol–water partition coefficient (Wildman–Crippen LogP) is 0.672. The molecule has 0 heterocycles. The summed E-state index contributed by atoms with van der Waals surface area (Å²) in [7, 11) is -4.17. The van der Waals surface area contributed by atoms with E-state index in [1.165, 1.54) is 13.8 Å². The summed E-state index contributed by atoms with van der Waals surface area (Å²) in [5, 5.41) is 0. The normalized spacial score (nSPS) is 12.3. The average molecular weight is 208 g/mol. The monoisotopic (exact) mass is 208 g/mol. The second-order valence-corrected chi connectivity index (χ2v) is 4.85. The first kappa shape index (κ1) is 12.4. The van der Waals surface area contributed by atoms with Crippen molar-refractivity contribution in [2.75, 3.05) is 6.16 Å². The first-order valence-corrected chi connectivity index (χ1v) is 5.36. The van der Waals surface area contributed by atoms with Crippen LogP contribution in [0.25, 0.3) is 0 Å². The third-order valence-electron chi connectivity index (χ3n) is 1.13. The number of carbonyl (C=O) groups excluding carboxylic acids is 1. The fourth-order valence-electron chi connectivity index (χ4n) is 0.842. The number of hydrogen-bond donors (Lipinski definition) is 2. The molecule has 0 atom stereocenters. The lowest BCUT2D eigenvalue weighted by Crippen LogP contribution is -2.31. The van der Waals surface area contributed by atoms with Crippen molar-refractivity contribution >= 4 is 13.6 Å². The number of hydrogen-bond acceptors (Lipinski definition) is 3. The van der Waals surface area contributed by atoms with Gasteiger partial charge in [-0.25, -0.2) is 4.79 Å². The lowest BCUT2D eigenvalue weighted by molar-refractivity contribution is -0.148. The smallest absolute Gasteiger partial charge is 0.330 e. The molecular weight excluding hydrogens is 195 g/mol. The van der Waals surface area contributed by atoms with Gasteiger partial charge in [-0.05, 0) is 13.8 Å². The number of esters is 1. The third-order valence-corrected chi connectivity index (χ3v) is 2.30. The van der Waals surface area contributed by atoms with Crippen LogP contribution in [-0.2, 0) is 14.1 Å². The van der Waals surface area contributed by atoms with Crippen LogP contribution >= 0.6 is 7.60 Å². The second kappa shape index (κ2) is 4.05. The molecule has 0 aliphatic carbocycles. The van der Waals surface area contributed by atoms with Crippen molar-refractivity contribution < 1.29 is 23.9 Å². The molecule has 0 spiro atoms. The van der Waals surface area contributed by atoms with Crippen molar-refractivity contribution in [1.82, 2.24) is 0 Å². The zero-order valence-corrected chi connectivity index (χ0v) is 8.45. The molecule has 0 amide bonds. The highest BCUT2D eigenvalue weighted by Gasteiger charge is 2.31. The third kappa shape index (κ3) is 6.51. The summed E-state index contributed by atoms with van der Waals surface area (Å²) < 4.78 is 15.3. The van der Waals surface area contributed by atoms with Crippen molar-refractivity contribution in [2.24, 2.45) is 0 Å².